The number of hydrogen-bond donors (Lipinski definition) is 1. The zero-order valence-corrected chi connectivity index (χ0v) is 9.27. The topological polar surface area (TPSA) is 38.5 Å². The normalized spacial score (nSPS) is 15.3. The van der Waals surface area contributed by atoms with Gasteiger partial charge in [-0.25, -0.2) is 4.39 Å². The minimum atomic E-state index is -0.248. The van der Waals surface area contributed by atoms with Gasteiger partial charge in [-0.1, -0.05) is 12.1 Å². The monoisotopic (exact) mass is 212 g/mol. The molecule has 0 saturated carbocycles. The third kappa shape index (κ3) is 2.99. The first kappa shape index (κ1) is 12.1. The van der Waals surface area contributed by atoms with Gasteiger partial charge in [-0.3, -0.25) is 0 Å². The van der Waals surface area contributed by atoms with Gasteiger partial charge < -0.3 is 10.6 Å². The molecule has 1 aromatic rings. The largest absolute Gasteiger partial charge is 0.326 e. The van der Waals surface area contributed by atoms with E-state index in [-0.39, 0.29) is 17.9 Å². The molecular formula is C11H17FN2O. The number of nitrogens with zero attached hydrogens (tertiary/aromatic N) is 1. The average Bonchev–Trinajstić information content (AvgIpc) is 2.20. The molecule has 0 aliphatic rings. The highest BCUT2D eigenvalue weighted by Gasteiger charge is 2.21. The summed E-state index contributed by atoms with van der Waals surface area (Å²) >= 11 is 0. The first-order valence-electron chi connectivity index (χ1n) is 4.84. The van der Waals surface area contributed by atoms with E-state index in [0.717, 1.165) is 5.56 Å². The summed E-state index contributed by atoms with van der Waals surface area (Å²) in [6, 6.07) is 6.12. The van der Waals surface area contributed by atoms with E-state index in [1.807, 2.05) is 6.92 Å². The molecule has 15 heavy (non-hydrogen) atoms. The molecule has 2 unspecified atom stereocenters. The van der Waals surface area contributed by atoms with Crippen LogP contribution in [-0.4, -0.2) is 25.3 Å². The lowest BCUT2D eigenvalue weighted by Gasteiger charge is -2.29. The number of hydrogen-bond acceptors (Lipinski definition) is 3. The smallest absolute Gasteiger partial charge is 0.123 e. The van der Waals surface area contributed by atoms with E-state index < -0.39 is 0 Å². The van der Waals surface area contributed by atoms with E-state index in [0.29, 0.717) is 0 Å². The molecule has 0 heterocycles. The fraction of sp³-hybridized carbons (Fsp3) is 0.455. The zero-order valence-electron chi connectivity index (χ0n) is 9.27. The highest BCUT2D eigenvalue weighted by Crippen LogP contribution is 2.22. The van der Waals surface area contributed by atoms with E-state index in [1.54, 1.807) is 31.4 Å². The van der Waals surface area contributed by atoms with Gasteiger partial charge in [-0.15, -0.1) is 0 Å². The number of hydroxylamine groups is 2. The van der Waals surface area contributed by atoms with Crippen LogP contribution in [0.2, 0.25) is 0 Å². The molecule has 0 aliphatic carbocycles. The molecule has 0 aliphatic heterocycles. The third-order valence-electron chi connectivity index (χ3n) is 2.39. The van der Waals surface area contributed by atoms with Crippen LogP contribution in [-0.2, 0) is 4.84 Å². The van der Waals surface area contributed by atoms with Crippen LogP contribution in [0.3, 0.4) is 0 Å². The molecule has 0 aromatic heterocycles. The Morgan fingerprint density at radius 1 is 1.33 bits per heavy atom. The highest BCUT2D eigenvalue weighted by atomic mass is 19.1. The number of rotatable bonds is 4. The lowest BCUT2D eigenvalue weighted by molar-refractivity contribution is -0.146. The Morgan fingerprint density at radius 2 is 1.87 bits per heavy atom. The van der Waals surface area contributed by atoms with Crippen molar-refractivity contribution in [2.24, 2.45) is 5.73 Å². The van der Waals surface area contributed by atoms with Crippen LogP contribution in [0, 0.1) is 5.82 Å². The van der Waals surface area contributed by atoms with Gasteiger partial charge in [0.05, 0.1) is 13.2 Å². The second-order valence-electron chi connectivity index (χ2n) is 3.58. The molecule has 0 fully saturated rings. The summed E-state index contributed by atoms with van der Waals surface area (Å²) in [6.45, 7) is 1.89. The molecule has 3 nitrogen and oxygen atoms in total. The number of benzene rings is 1. The second kappa shape index (κ2) is 5.21. The van der Waals surface area contributed by atoms with E-state index in [1.165, 1.54) is 12.1 Å². The molecule has 0 spiro atoms. The van der Waals surface area contributed by atoms with Gasteiger partial charge in [0.1, 0.15) is 5.82 Å². The van der Waals surface area contributed by atoms with Gasteiger partial charge in [0.15, 0.2) is 0 Å². The molecule has 2 N–H and O–H groups in total. The molecule has 0 amide bonds. The van der Waals surface area contributed by atoms with Crippen molar-refractivity contribution in [1.82, 2.24) is 5.06 Å². The maximum atomic E-state index is 12.8. The van der Waals surface area contributed by atoms with Crippen molar-refractivity contribution in [2.45, 2.75) is 19.0 Å². The quantitative estimate of drug-likeness (QED) is 0.772. The molecule has 0 radical (unpaired) electrons. The van der Waals surface area contributed by atoms with E-state index in [9.17, 15) is 4.39 Å². The fourth-order valence-corrected chi connectivity index (χ4v) is 1.62. The van der Waals surface area contributed by atoms with E-state index in [2.05, 4.69) is 0 Å². The Labute approximate surface area is 89.6 Å². The first-order valence-corrected chi connectivity index (χ1v) is 4.84. The third-order valence-corrected chi connectivity index (χ3v) is 2.39. The van der Waals surface area contributed by atoms with Gasteiger partial charge >= 0.3 is 0 Å². The van der Waals surface area contributed by atoms with Crippen molar-refractivity contribution >= 4 is 0 Å². The molecule has 0 bridgehead atoms. The first-order chi connectivity index (χ1) is 7.06. The number of halogens is 1. The maximum Gasteiger partial charge on any atom is 0.123 e. The van der Waals surface area contributed by atoms with E-state index >= 15 is 0 Å². The molecule has 84 valence electrons. The predicted molar refractivity (Wildman–Crippen MR) is 57.6 cm³/mol. The summed E-state index contributed by atoms with van der Waals surface area (Å²) in [5, 5.41) is 1.66. The van der Waals surface area contributed by atoms with E-state index in [4.69, 9.17) is 10.6 Å². The molecule has 1 aromatic carbocycles. The highest BCUT2D eigenvalue weighted by molar-refractivity contribution is 5.20. The Morgan fingerprint density at radius 3 is 2.27 bits per heavy atom. The lowest BCUT2D eigenvalue weighted by Crippen LogP contribution is -2.36. The number of nitrogens with two attached hydrogens (primary N) is 1. The van der Waals surface area contributed by atoms with Gasteiger partial charge in [-0.05, 0) is 24.6 Å². The Kier molecular flexibility index (Phi) is 4.20. The summed E-state index contributed by atoms with van der Waals surface area (Å²) in [6.07, 6.45) is 0. The van der Waals surface area contributed by atoms with Crippen LogP contribution in [0.25, 0.3) is 0 Å². The van der Waals surface area contributed by atoms with Crippen molar-refractivity contribution in [2.75, 3.05) is 14.2 Å². The van der Waals surface area contributed by atoms with Crippen LogP contribution < -0.4 is 5.73 Å². The van der Waals surface area contributed by atoms with Crippen LogP contribution in [0.4, 0.5) is 4.39 Å². The summed E-state index contributed by atoms with van der Waals surface area (Å²) in [5.41, 5.74) is 6.81. The molecule has 4 heteroatoms. The van der Waals surface area contributed by atoms with Crippen molar-refractivity contribution < 1.29 is 9.23 Å². The Hall–Kier alpha value is -0.970. The number of likely N-dealkylation sites (N-methyl/N-ethyl adjacent to an activating group) is 1. The minimum Gasteiger partial charge on any atom is -0.326 e. The zero-order chi connectivity index (χ0) is 11.4. The van der Waals surface area contributed by atoms with Crippen LogP contribution >= 0.6 is 0 Å². The minimum absolute atomic E-state index is 0.0735. The summed E-state index contributed by atoms with van der Waals surface area (Å²) < 4.78 is 12.8. The Bertz CT molecular complexity index is 300. The summed E-state index contributed by atoms with van der Waals surface area (Å²) in [7, 11) is 3.39. The maximum absolute atomic E-state index is 12.8. The summed E-state index contributed by atoms with van der Waals surface area (Å²) in [5.74, 6) is -0.248. The van der Waals surface area contributed by atoms with Crippen molar-refractivity contribution in [3.8, 4) is 0 Å². The van der Waals surface area contributed by atoms with Gasteiger partial charge in [0, 0.05) is 13.1 Å². The molecule has 0 saturated heterocycles. The van der Waals surface area contributed by atoms with Gasteiger partial charge in [-0.2, -0.15) is 5.06 Å². The van der Waals surface area contributed by atoms with Crippen LogP contribution in [0.1, 0.15) is 18.5 Å². The van der Waals surface area contributed by atoms with Crippen LogP contribution in [0.15, 0.2) is 24.3 Å². The predicted octanol–water partition coefficient (Wildman–Crippen LogP) is 1.71. The summed E-state index contributed by atoms with van der Waals surface area (Å²) in [4.78, 5) is 5.12. The second-order valence-corrected chi connectivity index (χ2v) is 3.58. The fourth-order valence-electron chi connectivity index (χ4n) is 1.62. The van der Waals surface area contributed by atoms with Crippen molar-refractivity contribution in [3.05, 3.63) is 35.6 Å². The van der Waals surface area contributed by atoms with Crippen molar-refractivity contribution in [3.63, 3.8) is 0 Å². The van der Waals surface area contributed by atoms with Crippen LogP contribution in [0.5, 0.6) is 0 Å². The molecule has 1 rings (SSSR count). The Balaban J connectivity index is 2.94. The van der Waals surface area contributed by atoms with Gasteiger partial charge in [0.25, 0.3) is 0 Å². The lowest BCUT2D eigenvalue weighted by atomic mass is 10.0. The molecule has 2 atom stereocenters. The standard InChI is InChI=1S/C11H17FN2O/c1-8(13)11(14(2)15-3)9-4-6-10(12)7-5-9/h4-8,11H,13H2,1-3H3. The average molecular weight is 212 g/mol. The van der Waals surface area contributed by atoms with Gasteiger partial charge in [0.2, 0.25) is 0 Å². The SMILES string of the molecule is CON(C)C(c1ccc(F)cc1)C(C)N. The van der Waals surface area contributed by atoms with Crippen molar-refractivity contribution in [1.29, 1.82) is 0 Å². The molecular weight excluding hydrogens is 195 g/mol.